The van der Waals surface area contributed by atoms with Crippen LogP contribution in [0.3, 0.4) is 0 Å². The maximum absolute atomic E-state index is 12.5. The van der Waals surface area contributed by atoms with Crippen molar-refractivity contribution in [2.45, 2.75) is 17.9 Å². The SMILES string of the molecule is COc1ccc(S(=O)(=O)CCc2noc(C(=O)NCc3ccc4c(c3)OCO4)n2)cc1. The number of sulfone groups is 1. The summed E-state index contributed by atoms with van der Waals surface area (Å²) in [5.41, 5.74) is 0.808. The van der Waals surface area contributed by atoms with Crippen molar-refractivity contribution in [2.24, 2.45) is 0 Å². The summed E-state index contributed by atoms with van der Waals surface area (Å²) in [4.78, 5) is 16.4. The summed E-state index contributed by atoms with van der Waals surface area (Å²) >= 11 is 0. The molecule has 1 aromatic heterocycles. The maximum Gasteiger partial charge on any atom is 0.315 e. The van der Waals surface area contributed by atoms with Crippen LogP contribution in [0.4, 0.5) is 0 Å². The summed E-state index contributed by atoms with van der Waals surface area (Å²) in [5.74, 6) is 0.939. The Morgan fingerprint density at radius 2 is 1.90 bits per heavy atom. The van der Waals surface area contributed by atoms with E-state index in [0.717, 1.165) is 5.56 Å². The van der Waals surface area contributed by atoms with Crippen molar-refractivity contribution in [1.29, 1.82) is 0 Å². The first-order valence-electron chi connectivity index (χ1n) is 9.31. The number of fused-ring (bicyclic) bond motifs is 1. The minimum absolute atomic E-state index is 0.00725. The molecule has 4 rings (SSSR count). The largest absolute Gasteiger partial charge is 0.497 e. The molecule has 0 aliphatic carbocycles. The molecule has 11 heteroatoms. The summed E-state index contributed by atoms with van der Waals surface area (Å²) in [6.07, 6.45) is 0.00725. The molecule has 162 valence electrons. The number of nitrogens with zero attached hydrogens (tertiary/aromatic N) is 2. The van der Waals surface area contributed by atoms with Crippen molar-refractivity contribution < 1.29 is 31.9 Å². The van der Waals surface area contributed by atoms with Gasteiger partial charge in [0.2, 0.25) is 6.79 Å². The zero-order valence-electron chi connectivity index (χ0n) is 16.5. The van der Waals surface area contributed by atoms with Gasteiger partial charge in [0.25, 0.3) is 0 Å². The number of benzene rings is 2. The Hall–Kier alpha value is -3.60. The van der Waals surface area contributed by atoms with E-state index in [-0.39, 0.29) is 42.1 Å². The third kappa shape index (κ3) is 4.77. The van der Waals surface area contributed by atoms with Crippen molar-refractivity contribution in [3.8, 4) is 17.2 Å². The minimum atomic E-state index is -3.55. The molecule has 1 aliphatic heterocycles. The topological polar surface area (TPSA) is 130 Å². The van der Waals surface area contributed by atoms with Crippen LogP contribution in [-0.2, 0) is 22.8 Å². The molecular formula is C20H19N3O7S. The quantitative estimate of drug-likeness (QED) is 0.551. The molecule has 0 unspecified atom stereocenters. The lowest BCUT2D eigenvalue weighted by Crippen LogP contribution is -2.23. The van der Waals surface area contributed by atoms with E-state index in [0.29, 0.717) is 17.2 Å². The molecule has 0 spiro atoms. The Balaban J connectivity index is 1.32. The molecule has 10 nitrogen and oxygen atoms in total. The molecule has 0 atom stereocenters. The number of ether oxygens (including phenoxy) is 3. The van der Waals surface area contributed by atoms with Crippen molar-refractivity contribution in [1.82, 2.24) is 15.5 Å². The van der Waals surface area contributed by atoms with Gasteiger partial charge in [-0.2, -0.15) is 4.98 Å². The number of rotatable bonds is 8. The normalized spacial score (nSPS) is 12.5. The van der Waals surface area contributed by atoms with Gasteiger partial charge in [-0.1, -0.05) is 11.2 Å². The fraction of sp³-hybridized carbons (Fsp3) is 0.250. The summed E-state index contributed by atoms with van der Waals surface area (Å²) < 4.78 is 45.5. The Morgan fingerprint density at radius 3 is 2.68 bits per heavy atom. The maximum atomic E-state index is 12.5. The van der Waals surface area contributed by atoms with Crippen LogP contribution in [0.1, 0.15) is 22.1 Å². The summed E-state index contributed by atoms with van der Waals surface area (Å²) in [5, 5.41) is 6.36. The van der Waals surface area contributed by atoms with Gasteiger partial charge in [-0.3, -0.25) is 4.79 Å². The zero-order valence-corrected chi connectivity index (χ0v) is 17.3. The second kappa shape index (κ2) is 8.64. The Morgan fingerprint density at radius 1 is 1.13 bits per heavy atom. The van der Waals surface area contributed by atoms with Crippen LogP contribution in [-0.4, -0.2) is 44.1 Å². The molecule has 2 aromatic carbocycles. The van der Waals surface area contributed by atoms with E-state index in [1.807, 2.05) is 0 Å². The summed E-state index contributed by atoms with van der Waals surface area (Å²) in [7, 11) is -2.04. The summed E-state index contributed by atoms with van der Waals surface area (Å²) in [6.45, 7) is 0.392. The number of aryl methyl sites for hydroxylation is 1. The molecule has 1 aliphatic rings. The standard InChI is InChI=1S/C20H19N3O7S/c1-27-14-3-5-15(6-4-14)31(25,26)9-8-18-22-20(30-23-18)19(24)21-11-13-2-7-16-17(10-13)29-12-28-16/h2-7,10H,8-9,11-12H2,1H3,(H,21,24). The predicted molar refractivity (Wildman–Crippen MR) is 107 cm³/mol. The second-order valence-corrected chi connectivity index (χ2v) is 8.74. The first-order chi connectivity index (χ1) is 14.9. The number of hydrogen-bond donors (Lipinski definition) is 1. The lowest BCUT2D eigenvalue weighted by Gasteiger charge is -2.04. The van der Waals surface area contributed by atoms with Gasteiger partial charge in [-0.05, 0) is 42.0 Å². The molecule has 0 fully saturated rings. The van der Waals surface area contributed by atoms with Gasteiger partial charge in [-0.15, -0.1) is 0 Å². The fourth-order valence-corrected chi connectivity index (χ4v) is 4.12. The molecule has 0 saturated heterocycles. The van der Waals surface area contributed by atoms with Crippen LogP contribution < -0.4 is 19.5 Å². The van der Waals surface area contributed by atoms with Crippen LogP contribution in [0.2, 0.25) is 0 Å². The van der Waals surface area contributed by atoms with E-state index in [1.165, 1.54) is 19.2 Å². The minimum Gasteiger partial charge on any atom is -0.497 e. The van der Waals surface area contributed by atoms with E-state index in [9.17, 15) is 13.2 Å². The van der Waals surface area contributed by atoms with Gasteiger partial charge < -0.3 is 24.1 Å². The Kier molecular flexibility index (Phi) is 5.76. The average Bonchev–Trinajstić information content (AvgIpc) is 3.45. The fourth-order valence-electron chi connectivity index (χ4n) is 2.88. The van der Waals surface area contributed by atoms with Crippen molar-refractivity contribution in [3.63, 3.8) is 0 Å². The molecule has 0 bridgehead atoms. The molecule has 0 saturated carbocycles. The van der Waals surface area contributed by atoms with Gasteiger partial charge in [-0.25, -0.2) is 8.42 Å². The highest BCUT2D eigenvalue weighted by Gasteiger charge is 2.20. The van der Waals surface area contributed by atoms with E-state index < -0.39 is 15.7 Å². The van der Waals surface area contributed by atoms with Gasteiger partial charge in [0, 0.05) is 13.0 Å². The van der Waals surface area contributed by atoms with Crippen LogP contribution in [0.5, 0.6) is 17.2 Å². The van der Waals surface area contributed by atoms with Crippen molar-refractivity contribution in [2.75, 3.05) is 19.7 Å². The molecule has 3 aromatic rings. The number of aromatic nitrogens is 2. The molecule has 1 amide bonds. The number of methoxy groups -OCH3 is 1. The van der Waals surface area contributed by atoms with Crippen LogP contribution in [0.15, 0.2) is 51.9 Å². The van der Waals surface area contributed by atoms with Gasteiger partial charge in [0.05, 0.1) is 17.8 Å². The molecule has 2 heterocycles. The average molecular weight is 445 g/mol. The monoisotopic (exact) mass is 445 g/mol. The van der Waals surface area contributed by atoms with Crippen LogP contribution >= 0.6 is 0 Å². The third-order valence-electron chi connectivity index (χ3n) is 4.57. The van der Waals surface area contributed by atoms with Gasteiger partial charge in [0.1, 0.15) is 5.75 Å². The van der Waals surface area contributed by atoms with Crippen molar-refractivity contribution >= 4 is 15.7 Å². The van der Waals surface area contributed by atoms with Gasteiger partial charge in [0.15, 0.2) is 27.2 Å². The first-order valence-corrected chi connectivity index (χ1v) is 11.0. The number of nitrogens with one attached hydrogen (secondary N) is 1. The molecule has 31 heavy (non-hydrogen) atoms. The zero-order chi connectivity index (χ0) is 21.8. The lowest BCUT2D eigenvalue weighted by molar-refractivity contribution is 0.0907. The highest BCUT2D eigenvalue weighted by Crippen LogP contribution is 2.32. The van der Waals surface area contributed by atoms with E-state index >= 15 is 0 Å². The highest BCUT2D eigenvalue weighted by molar-refractivity contribution is 7.91. The first kappa shape index (κ1) is 20.7. The van der Waals surface area contributed by atoms with E-state index in [4.69, 9.17) is 18.7 Å². The third-order valence-corrected chi connectivity index (χ3v) is 6.30. The molecular weight excluding hydrogens is 426 g/mol. The number of carbonyl (C=O) groups is 1. The Bertz CT molecular complexity index is 1190. The number of amides is 1. The lowest BCUT2D eigenvalue weighted by atomic mass is 10.2. The van der Waals surface area contributed by atoms with Crippen LogP contribution in [0, 0.1) is 0 Å². The predicted octanol–water partition coefficient (Wildman–Crippen LogP) is 1.75. The Labute approximate surface area is 178 Å². The van der Waals surface area contributed by atoms with Gasteiger partial charge >= 0.3 is 11.8 Å². The molecule has 1 N–H and O–H groups in total. The molecule has 0 radical (unpaired) electrons. The highest BCUT2D eigenvalue weighted by atomic mass is 32.2. The number of hydrogen-bond acceptors (Lipinski definition) is 9. The van der Waals surface area contributed by atoms with Crippen molar-refractivity contribution in [3.05, 3.63) is 59.7 Å². The van der Waals surface area contributed by atoms with E-state index in [1.54, 1.807) is 30.3 Å². The second-order valence-electron chi connectivity index (χ2n) is 6.63. The van der Waals surface area contributed by atoms with E-state index in [2.05, 4.69) is 15.5 Å². The number of carbonyl (C=O) groups excluding carboxylic acids is 1. The smallest absolute Gasteiger partial charge is 0.315 e. The van der Waals surface area contributed by atoms with Crippen LogP contribution in [0.25, 0.3) is 0 Å². The summed E-state index contributed by atoms with van der Waals surface area (Å²) in [6, 6.07) is 11.4.